The summed E-state index contributed by atoms with van der Waals surface area (Å²) >= 11 is 0. The van der Waals surface area contributed by atoms with Crippen molar-refractivity contribution in [1.82, 2.24) is 19.9 Å². The van der Waals surface area contributed by atoms with Crippen LogP contribution in [0.2, 0.25) is 0 Å². The molecule has 0 fully saturated rings. The molecule has 2 aliphatic heterocycles. The highest BCUT2D eigenvalue weighted by molar-refractivity contribution is 6.05. The van der Waals surface area contributed by atoms with Crippen molar-refractivity contribution in [2.45, 2.75) is 0 Å². The van der Waals surface area contributed by atoms with E-state index in [9.17, 15) is 4.79 Å². The molecule has 2 aliphatic rings. The zero-order valence-electron chi connectivity index (χ0n) is 39.9. The number of nitrogens with zero attached hydrogens (tertiary/aromatic N) is 5. The van der Waals surface area contributed by atoms with Crippen molar-refractivity contribution < 1.29 is 18.5 Å². The van der Waals surface area contributed by atoms with E-state index in [1.54, 1.807) is 0 Å². The van der Waals surface area contributed by atoms with Gasteiger partial charge in [0, 0.05) is 89.9 Å². The summed E-state index contributed by atoms with van der Waals surface area (Å²) in [6.07, 6.45) is 15.1. The Bertz CT molecular complexity index is 4210. The molecule has 0 saturated carbocycles. The van der Waals surface area contributed by atoms with Gasteiger partial charge in [-0.05, 0) is 115 Å². The van der Waals surface area contributed by atoms with E-state index in [2.05, 4.69) is 220 Å². The van der Waals surface area contributed by atoms with Crippen LogP contribution in [-0.2, 0) is 21.1 Å². The second-order valence-electron chi connectivity index (χ2n) is 18.6. The molecule has 8 heterocycles. The normalized spacial score (nSPS) is 12.0. The standard InChI is InChI=1S/C63H46N8O/c1-69-36-44(33-41-15-7-10-18-56(41)69)60-50-27-25-48(65-50)59(39-21-23-47(24-22-39)64-63(72)40-13-5-4-6-14-40)49-26-28-51(66-49)61(45-34-42-16-8-11-19-57(42)70(2)37-45)53-30-32-55(68-53)62(54-31-29-52(60)67-54)46-35-43-17-9-12-20-58(43)71(3)38-46/h4-38H,1-3H3,(H2-,64,65,66,67,68,72)/q+2/p+1. The molecule has 9 heteroatoms. The van der Waals surface area contributed by atoms with Crippen LogP contribution in [-0.4, -0.2) is 25.8 Å². The molecular weight excluding hydrogens is 885 g/mol. The van der Waals surface area contributed by atoms with Crippen LogP contribution in [0.3, 0.4) is 0 Å². The lowest BCUT2D eigenvalue weighted by atomic mass is 10.0. The number of pyridine rings is 3. The fourth-order valence-corrected chi connectivity index (χ4v) is 10.6. The molecule has 3 N–H and O–H groups in total. The molecule has 5 aromatic carbocycles. The molecule has 9 nitrogen and oxygen atoms in total. The topological polar surface area (TPSA) is 98.1 Å². The third-order valence-electron chi connectivity index (χ3n) is 14.0. The number of carbonyl (C=O) groups excluding carboxylic acids is 1. The molecular formula is C63H47N8O+3. The van der Waals surface area contributed by atoms with Crippen molar-refractivity contribution >= 4 is 90.7 Å². The molecule has 1 amide bonds. The first-order chi connectivity index (χ1) is 35.3. The van der Waals surface area contributed by atoms with Crippen LogP contribution >= 0.6 is 0 Å². The zero-order chi connectivity index (χ0) is 48.5. The fraction of sp³-hybridized carbons (Fsp3) is 0.0476. The van der Waals surface area contributed by atoms with E-state index in [0.717, 1.165) is 122 Å². The predicted octanol–water partition coefficient (Wildman–Crippen LogP) is 12.5. The van der Waals surface area contributed by atoms with E-state index in [1.165, 1.54) is 0 Å². The van der Waals surface area contributed by atoms with Crippen LogP contribution in [0.25, 0.3) is 124 Å². The molecule has 0 saturated heterocycles. The summed E-state index contributed by atoms with van der Waals surface area (Å²) < 4.78 is 6.57. The summed E-state index contributed by atoms with van der Waals surface area (Å²) in [5, 5.41) is 6.46. The predicted molar refractivity (Wildman–Crippen MR) is 291 cm³/mol. The lowest BCUT2D eigenvalue weighted by Crippen LogP contribution is -2.28. The molecule has 0 spiro atoms. The third kappa shape index (κ3) is 7.43. The van der Waals surface area contributed by atoms with Gasteiger partial charge in [0.2, 0.25) is 16.6 Å². The summed E-state index contributed by atoms with van der Waals surface area (Å²) in [6.45, 7) is 0. The molecule has 0 radical (unpaired) electrons. The Hall–Kier alpha value is -9.60. The zero-order valence-corrected chi connectivity index (χ0v) is 39.9. The molecule has 0 aliphatic carbocycles. The van der Waals surface area contributed by atoms with E-state index in [1.807, 2.05) is 42.5 Å². The van der Waals surface area contributed by atoms with Gasteiger partial charge in [0.15, 0.2) is 18.6 Å². The van der Waals surface area contributed by atoms with Gasteiger partial charge in [-0.1, -0.05) is 66.7 Å². The number of nitrogens with one attached hydrogen (secondary N) is 3. The molecule has 72 heavy (non-hydrogen) atoms. The van der Waals surface area contributed by atoms with Gasteiger partial charge in [-0.15, -0.1) is 0 Å². The number of rotatable bonds is 6. The smallest absolute Gasteiger partial charge is 0.255 e. The van der Waals surface area contributed by atoms with Crippen molar-refractivity contribution in [3.63, 3.8) is 0 Å². The summed E-state index contributed by atoms with van der Waals surface area (Å²) in [4.78, 5) is 32.3. The Kier molecular flexibility index (Phi) is 10.1. The first-order valence-electron chi connectivity index (χ1n) is 24.1. The van der Waals surface area contributed by atoms with Gasteiger partial charge in [-0.3, -0.25) is 4.79 Å². The van der Waals surface area contributed by atoms with Crippen molar-refractivity contribution in [2.75, 3.05) is 5.32 Å². The average molecular weight is 932 g/mol. The number of aromatic nitrogens is 7. The minimum atomic E-state index is -0.167. The maximum absolute atomic E-state index is 13.3. The van der Waals surface area contributed by atoms with Gasteiger partial charge in [0.25, 0.3) is 5.91 Å². The molecule has 342 valence electrons. The number of para-hydroxylation sites is 3. The SMILES string of the molecule is C[n+]1cc(-c2c3nc(c(-c4cc5ccccc5[n+](C)c4)c4ccc([nH]4)c(-c4cc5ccccc5[n+](C)c4)c4nc(c(-c5ccc(NC(=O)c6ccccc6)cc5)c5ccc2[nH]5)C=C4)C=C3)cc2ccccc21. The van der Waals surface area contributed by atoms with Crippen molar-refractivity contribution in [1.29, 1.82) is 0 Å². The van der Waals surface area contributed by atoms with Crippen LogP contribution in [0, 0.1) is 0 Å². The van der Waals surface area contributed by atoms with Gasteiger partial charge in [-0.25, -0.2) is 23.7 Å². The van der Waals surface area contributed by atoms with Gasteiger partial charge in [-0.2, -0.15) is 0 Å². The highest BCUT2D eigenvalue weighted by Crippen LogP contribution is 2.39. The monoisotopic (exact) mass is 931 g/mol. The van der Waals surface area contributed by atoms with E-state index < -0.39 is 0 Å². The Morgan fingerprint density at radius 1 is 0.403 bits per heavy atom. The number of aromatic amines is 2. The van der Waals surface area contributed by atoms with Crippen LogP contribution in [0.4, 0.5) is 5.69 Å². The Labute approximate surface area is 415 Å². The lowest BCUT2D eigenvalue weighted by molar-refractivity contribution is -0.644. The number of aryl methyl sites for hydroxylation is 3. The molecule has 13 rings (SSSR count). The number of carbonyl (C=O) groups is 1. The quantitative estimate of drug-likeness (QED) is 0.145. The number of hydrogen-bond acceptors (Lipinski definition) is 3. The summed E-state index contributed by atoms with van der Waals surface area (Å²) in [5.41, 5.74) is 19.5. The minimum absolute atomic E-state index is 0.167. The van der Waals surface area contributed by atoms with Crippen LogP contribution in [0.15, 0.2) is 188 Å². The van der Waals surface area contributed by atoms with Crippen LogP contribution in [0.1, 0.15) is 33.1 Å². The second kappa shape index (κ2) is 17.1. The number of H-pyrrole nitrogens is 2. The van der Waals surface area contributed by atoms with Crippen LogP contribution in [0.5, 0.6) is 0 Å². The largest absolute Gasteiger partial charge is 0.354 e. The van der Waals surface area contributed by atoms with Gasteiger partial charge in [0.1, 0.15) is 21.1 Å². The maximum Gasteiger partial charge on any atom is 0.255 e. The Balaban J connectivity index is 1.13. The van der Waals surface area contributed by atoms with Gasteiger partial charge >= 0.3 is 0 Å². The number of hydrogen-bond donors (Lipinski definition) is 3. The number of fused-ring (bicyclic) bond motifs is 11. The Morgan fingerprint density at radius 2 is 0.750 bits per heavy atom. The molecule has 0 atom stereocenters. The van der Waals surface area contributed by atoms with Crippen molar-refractivity contribution in [3.05, 3.63) is 217 Å². The van der Waals surface area contributed by atoms with E-state index in [-0.39, 0.29) is 5.91 Å². The first kappa shape index (κ1) is 42.5. The summed E-state index contributed by atoms with van der Waals surface area (Å²) in [5.74, 6) is -0.167. The highest BCUT2D eigenvalue weighted by atomic mass is 16.1. The molecule has 0 unspecified atom stereocenters. The van der Waals surface area contributed by atoms with Crippen LogP contribution < -0.4 is 19.0 Å². The van der Waals surface area contributed by atoms with Gasteiger partial charge in [0.05, 0.1) is 39.5 Å². The average Bonchev–Trinajstić information content (AvgIpc) is 4.26. The fourth-order valence-electron chi connectivity index (χ4n) is 10.6. The molecule has 8 bridgehead atoms. The number of anilines is 1. The van der Waals surface area contributed by atoms with E-state index >= 15 is 0 Å². The molecule has 6 aromatic heterocycles. The number of benzene rings is 5. The summed E-state index contributed by atoms with van der Waals surface area (Å²) in [7, 11) is 6.30. The van der Waals surface area contributed by atoms with Crippen molar-refractivity contribution in [3.8, 4) is 44.5 Å². The number of amides is 1. The minimum Gasteiger partial charge on any atom is -0.354 e. The lowest BCUT2D eigenvalue weighted by Gasteiger charge is -2.09. The summed E-state index contributed by atoms with van der Waals surface area (Å²) in [6, 6.07) is 58.1. The maximum atomic E-state index is 13.3. The first-order valence-corrected chi connectivity index (χ1v) is 24.1. The van der Waals surface area contributed by atoms with E-state index in [0.29, 0.717) is 11.3 Å². The van der Waals surface area contributed by atoms with Crippen molar-refractivity contribution in [2.24, 2.45) is 21.1 Å². The van der Waals surface area contributed by atoms with E-state index in [4.69, 9.17) is 9.97 Å². The van der Waals surface area contributed by atoms with Gasteiger partial charge < -0.3 is 15.3 Å². The Morgan fingerprint density at radius 3 is 1.14 bits per heavy atom. The third-order valence-corrected chi connectivity index (χ3v) is 14.0. The molecule has 11 aromatic rings. The highest BCUT2D eigenvalue weighted by Gasteiger charge is 2.23. The second-order valence-corrected chi connectivity index (χ2v) is 18.6.